The van der Waals surface area contributed by atoms with Crippen molar-refractivity contribution in [2.45, 2.75) is 83.2 Å². The van der Waals surface area contributed by atoms with Gasteiger partial charge in [-0.05, 0) is 70.7 Å². The molecule has 1 N–H and O–H groups in total. The van der Waals surface area contributed by atoms with Crippen LogP contribution < -0.4 is 5.32 Å². The molecule has 2 aliphatic rings. The molecular weight excluding hydrogens is 443 g/mol. The van der Waals surface area contributed by atoms with E-state index >= 15 is 0 Å². The molecule has 1 aliphatic heterocycles. The minimum absolute atomic E-state index is 0.0119. The van der Waals surface area contributed by atoms with Gasteiger partial charge in [0, 0.05) is 30.1 Å². The van der Waals surface area contributed by atoms with E-state index < -0.39 is 17.8 Å². The molecule has 0 unspecified atom stereocenters. The summed E-state index contributed by atoms with van der Waals surface area (Å²) in [5.41, 5.74) is -0.349. The van der Waals surface area contributed by atoms with E-state index in [1.54, 1.807) is 0 Å². The Bertz CT molecular complexity index is 1030. The quantitative estimate of drug-likeness (QED) is 0.638. The molecule has 2 heterocycles. The van der Waals surface area contributed by atoms with E-state index in [1.165, 1.54) is 12.4 Å². The minimum atomic E-state index is -4.46. The van der Waals surface area contributed by atoms with Crippen LogP contribution in [0.1, 0.15) is 58.4 Å². The van der Waals surface area contributed by atoms with Gasteiger partial charge >= 0.3 is 6.18 Å². The predicted molar refractivity (Wildman–Crippen MR) is 126 cm³/mol. The summed E-state index contributed by atoms with van der Waals surface area (Å²) in [5.74, 6) is 0.723. The van der Waals surface area contributed by atoms with Gasteiger partial charge in [0.1, 0.15) is 18.2 Å². The molecule has 0 spiro atoms. The maximum Gasteiger partial charge on any atom is 0.416 e. The van der Waals surface area contributed by atoms with Gasteiger partial charge in [-0.1, -0.05) is 13.3 Å². The number of nitrogens with one attached hydrogen (secondary N) is 1. The van der Waals surface area contributed by atoms with Gasteiger partial charge in [-0.3, -0.25) is 4.79 Å². The third-order valence-electron chi connectivity index (χ3n) is 7.74. The number of aromatic nitrogens is 2. The first-order valence-corrected chi connectivity index (χ1v) is 12.2. The molecule has 0 radical (unpaired) electrons. The Morgan fingerprint density at radius 2 is 1.97 bits per heavy atom. The van der Waals surface area contributed by atoms with Crippen LogP contribution >= 0.6 is 0 Å². The average Bonchev–Trinajstić information content (AvgIpc) is 3.17. The van der Waals surface area contributed by atoms with Crippen molar-refractivity contribution in [3.05, 3.63) is 30.1 Å². The van der Waals surface area contributed by atoms with Gasteiger partial charge < -0.3 is 15.1 Å². The van der Waals surface area contributed by atoms with E-state index in [0.717, 1.165) is 37.8 Å². The van der Waals surface area contributed by atoms with Gasteiger partial charge in [0.25, 0.3) is 0 Å². The van der Waals surface area contributed by atoms with Gasteiger partial charge in [-0.2, -0.15) is 13.2 Å². The Labute approximate surface area is 198 Å². The number of benzene rings is 1. The minimum Gasteiger partial charge on any atom is -0.358 e. The molecule has 1 saturated carbocycles. The molecule has 0 bridgehead atoms. The number of fused-ring (bicyclic) bond motifs is 1. The third-order valence-corrected chi connectivity index (χ3v) is 7.74. The van der Waals surface area contributed by atoms with Crippen LogP contribution in [0.3, 0.4) is 0 Å². The summed E-state index contributed by atoms with van der Waals surface area (Å²) in [6, 6.07) is 4.13. The number of hydrogen-bond donors (Lipinski definition) is 1. The van der Waals surface area contributed by atoms with Crippen molar-refractivity contribution in [1.29, 1.82) is 0 Å². The van der Waals surface area contributed by atoms with E-state index in [-0.39, 0.29) is 23.2 Å². The van der Waals surface area contributed by atoms with Gasteiger partial charge in [0.05, 0.1) is 11.1 Å². The van der Waals surface area contributed by atoms with Crippen molar-refractivity contribution >= 4 is 22.6 Å². The summed E-state index contributed by atoms with van der Waals surface area (Å²) < 4.78 is 39.7. The van der Waals surface area contributed by atoms with Crippen LogP contribution in [0.4, 0.5) is 19.0 Å². The number of alkyl halides is 3. The zero-order valence-electron chi connectivity index (χ0n) is 20.3. The molecule has 4 rings (SSSR count). The fraction of sp³-hybridized carbons (Fsp3) is 0.640. The molecular formula is C25H34F3N5O. The van der Waals surface area contributed by atoms with Crippen molar-refractivity contribution in [3.63, 3.8) is 0 Å². The van der Waals surface area contributed by atoms with Crippen LogP contribution in [0.2, 0.25) is 0 Å². The molecule has 1 aromatic carbocycles. The molecule has 6 nitrogen and oxygen atoms in total. The first-order valence-electron chi connectivity index (χ1n) is 12.2. The van der Waals surface area contributed by atoms with Gasteiger partial charge in [-0.15, -0.1) is 0 Å². The Hall–Kier alpha value is -2.42. The summed E-state index contributed by atoms with van der Waals surface area (Å²) in [6.07, 6.45) is 1.60. The molecule has 1 aromatic heterocycles. The lowest BCUT2D eigenvalue weighted by Crippen LogP contribution is -2.50. The van der Waals surface area contributed by atoms with Gasteiger partial charge in [0.2, 0.25) is 5.91 Å². The van der Waals surface area contributed by atoms with Crippen molar-refractivity contribution in [3.8, 4) is 0 Å². The molecule has 9 heteroatoms. The summed E-state index contributed by atoms with van der Waals surface area (Å²) in [5, 5.41) is 3.41. The molecule has 4 atom stereocenters. The largest absolute Gasteiger partial charge is 0.416 e. The second kappa shape index (κ2) is 9.68. The Balaban J connectivity index is 1.49. The molecule has 34 heavy (non-hydrogen) atoms. The van der Waals surface area contributed by atoms with Crippen molar-refractivity contribution in [2.24, 2.45) is 5.92 Å². The number of carbonyl (C=O) groups is 1. The number of nitrogens with zero attached hydrogens (tertiary/aromatic N) is 4. The number of likely N-dealkylation sites (tertiary alicyclic amines) is 1. The molecule has 1 saturated heterocycles. The second-order valence-electron chi connectivity index (χ2n) is 9.93. The molecule has 2 fully saturated rings. The van der Waals surface area contributed by atoms with Crippen LogP contribution in [0.15, 0.2) is 24.5 Å². The summed E-state index contributed by atoms with van der Waals surface area (Å²) >= 11 is 0. The molecule has 186 valence electrons. The Morgan fingerprint density at radius 3 is 2.65 bits per heavy atom. The molecule has 1 aliphatic carbocycles. The van der Waals surface area contributed by atoms with Crippen LogP contribution in [-0.4, -0.2) is 63.4 Å². The number of hydrogen-bond acceptors (Lipinski definition) is 5. The zero-order chi connectivity index (χ0) is 24.6. The van der Waals surface area contributed by atoms with Crippen LogP contribution in [0.5, 0.6) is 0 Å². The van der Waals surface area contributed by atoms with Gasteiger partial charge in [0.15, 0.2) is 0 Å². The number of rotatable bonds is 6. The maximum absolute atomic E-state index is 13.4. The highest BCUT2D eigenvalue weighted by molar-refractivity contribution is 5.93. The van der Waals surface area contributed by atoms with Crippen molar-refractivity contribution < 1.29 is 18.0 Å². The standard InChI is InChI=1S/C25H34F3N5O/c1-5-16-12-18(32(4)15(2)3)7-9-22(16)33-11-10-21(24(33)34)31-23-19-13-17(25(26,27)28)6-8-20(19)29-14-30-23/h6,8,13-16,18,21-22H,5,7,9-12H2,1-4H3,(H,29,30,31)/t16-,18-,21+,22+/m1/s1. The highest BCUT2D eigenvalue weighted by Gasteiger charge is 2.42. The highest BCUT2D eigenvalue weighted by Crippen LogP contribution is 2.37. The molecule has 2 aromatic rings. The number of amides is 1. The summed E-state index contributed by atoms with van der Waals surface area (Å²) in [7, 11) is 2.18. The number of anilines is 1. The monoisotopic (exact) mass is 477 g/mol. The lowest BCUT2D eigenvalue weighted by molar-refractivity contribution is -0.137. The van der Waals surface area contributed by atoms with Crippen LogP contribution in [0, 0.1) is 5.92 Å². The van der Waals surface area contributed by atoms with Crippen LogP contribution in [0.25, 0.3) is 10.9 Å². The van der Waals surface area contributed by atoms with E-state index in [2.05, 4.69) is 48.0 Å². The average molecular weight is 478 g/mol. The summed E-state index contributed by atoms with van der Waals surface area (Å²) in [6.45, 7) is 7.26. The Kier molecular flexibility index (Phi) is 7.03. The zero-order valence-corrected chi connectivity index (χ0v) is 20.3. The maximum atomic E-state index is 13.4. The smallest absolute Gasteiger partial charge is 0.358 e. The first kappa shape index (κ1) is 24.7. The predicted octanol–water partition coefficient (Wildman–Crippen LogP) is 4.95. The first-order chi connectivity index (χ1) is 16.1. The fourth-order valence-corrected chi connectivity index (χ4v) is 5.54. The normalized spacial score (nSPS) is 26.1. The fourth-order valence-electron chi connectivity index (χ4n) is 5.54. The van der Waals surface area contributed by atoms with Gasteiger partial charge in [-0.25, -0.2) is 9.97 Å². The lowest BCUT2D eigenvalue weighted by atomic mass is 9.78. The third kappa shape index (κ3) is 4.85. The SMILES string of the molecule is CC[C@@H]1C[C@H](N(C)C(C)C)CC[C@@H]1N1CC[C@H](Nc2ncnc3ccc(C(F)(F)F)cc23)C1=O. The molecule has 1 amide bonds. The number of halogens is 3. The van der Waals surface area contributed by atoms with Crippen molar-refractivity contribution in [1.82, 2.24) is 19.8 Å². The summed E-state index contributed by atoms with van der Waals surface area (Å²) in [4.78, 5) is 26.1. The number of carbonyl (C=O) groups excluding carboxylic acids is 1. The van der Waals surface area contributed by atoms with Crippen molar-refractivity contribution in [2.75, 3.05) is 18.9 Å². The van der Waals surface area contributed by atoms with E-state index in [1.807, 2.05) is 4.90 Å². The van der Waals surface area contributed by atoms with E-state index in [4.69, 9.17) is 0 Å². The van der Waals surface area contributed by atoms with E-state index in [0.29, 0.717) is 36.5 Å². The Morgan fingerprint density at radius 1 is 1.21 bits per heavy atom. The lowest BCUT2D eigenvalue weighted by Gasteiger charge is -2.44. The second-order valence-corrected chi connectivity index (χ2v) is 9.93. The highest BCUT2D eigenvalue weighted by atomic mass is 19.4. The van der Waals surface area contributed by atoms with Crippen LogP contribution in [-0.2, 0) is 11.0 Å². The topological polar surface area (TPSA) is 61.4 Å². The van der Waals surface area contributed by atoms with E-state index in [9.17, 15) is 18.0 Å².